The molecule has 0 spiro atoms. The average molecular weight is 771 g/mol. The van der Waals surface area contributed by atoms with Crippen LogP contribution < -0.4 is 0 Å². The van der Waals surface area contributed by atoms with Crippen LogP contribution in [0.2, 0.25) is 0 Å². The summed E-state index contributed by atoms with van der Waals surface area (Å²) < 4.78 is 17.2. The SMILES string of the molecule is CC/C=C/C/C=C/C/C=C/C/C=C/C/C=C/CCCCCCCCC(=O)OCC(COCCC(C(=O)O)[N+](C)(C)C)OC(=O)CCC/C=C/CCCCCC. The summed E-state index contributed by atoms with van der Waals surface area (Å²) in [6, 6.07) is -0.623. The van der Waals surface area contributed by atoms with Crippen molar-refractivity contribution < 1.29 is 38.2 Å². The summed E-state index contributed by atoms with van der Waals surface area (Å²) in [6.07, 6.45) is 46.7. The molecular weight excluding hydrogens is 691 g/mol. The molecule has 0 bridgehead atoms. The second-order valence-corrected chi connectivity index (χ2v) is 15.2. The van der Waals surface area contributed by atoms with Gasteiger partial charge in [-0.25, -0.2) is 4.79 Å². The number of aliphatic carboxylic acids is 1. The summed E-state index contributed by atoms with van der Waals surface area (Å²) in [4.78, 5) is 36.8. The Hall–Kier alpha value is -3.23. The third kappa shape index (κ3) is 36.2. The third-order valence-electron chi connectivity index (χ3n) is 9.09. The van der Waals surface area contributed by atoms with Gasteiger partial charge in [0, 0.05) is 19.3 Å². The number of carbonyl (C=O) groups excluding carboxylic acids is 2. The molecule has 8 nitrogen and oxygen atoms in total. The molecule has 8 heteroatoms. The number of hydrogen-bond donors (Lipinski definition) is 1. The molecule has 0 heterocycles. The number of rotatable bonds is 37. The smallest absolute Gasteiger partial charge is 0.362 e. The minimum absolute atomic E-state index is 0.0415. The third-order valence-corrected chi connectivity index (χ3v) is 9.09. The molecule has 0 amide bonds. The van der Waals surface area contributed by atoms with Crippen LogP contribution in [0.1, 0.15) is 155 Å². The van der Waals surface area contributed by atoms with E-state index in [4.69, 9.17) is 14.2 Å². The lowest BCUT2D eigenvalue weighted by molar-refractivity contribution is -0.887. The van der Waals surface area contributed by atoms with Crippen molar-refractivity contribution in [3.05, 3.63) is 72.9 Å². The zero-order valence-electron chi connectivity index (χ0n) is 35.6. The number of hydrogen-bond acceptors (Lipinski definition) is 6. The zero-order chi connectivity index (χ0) is 40.7. The van der Waals surface area contributed by atoms with Gasteiger partial charge < -0.3 is 23.8 Å². The highest BCUT2D eigenvalue weighted by molar-refractivity contribution is 5.72. The summed E-state index contributed by atoms with van der Waals surface area (Å²) in [5.74, 6) is -1.54. The van der Waals surface area contributed by atoms with Gasteiger partial charge in [-0.15, -0.1) is 0 Å². The van der Waals surface area contributed by atoms with Crippen LogP contribution in [0.3, 0.4) is 0 Å². The molecule has 0 aromatic rings. The fourth-order valence-electron chi connectivity index (χ4n) is 5.77. The summed E-state index contributed by atoms with van der Waals surface area (Å²) in [5, 5.41) is 9.59. The van der Waals surface area contributed by atoms with E-state index in [1.807, 2.05) is 21.1 Å². The summed E-state index contributed by atoms with van der Waals surface area (Å²) >= 11 is 0. The van der Waals surface area contributed by atoms with E-state index in [0.29, 0.717) is 19.3 Å². The predicted molar refractivity (Wildman–Crippen MR) is 229 cm³/mol. The maximum atomic E-state index is 12.6. The quantitative estimate of drug-likeness (QED) is 0.0291. The Balaban J connectivity index is 4.30. The topological polar surface area (TPSA) is 99.1 Å². The Kier molecular flexibility index (Phi) is 35.5. The first-order valence-corrected chi connectivity index (χ1v) is 21.5. The second kappa shape index (κ2) is 37.7. The molecule has 0 saturated carbocycles. The minimum Gasteiger partial charge on any atom is -0.477 e. The number of carboxylic acids is 1. The van der Waals surface area contributed by atoms with Crippen LogP contribution in [0.15, 0.2) is 72.9 Å². The molecule has 314 valence electrons. The number of carboxylic acid groups (broad SMARTS) is 1. The number of esters is 2. The van der Waals surface area contributed by atoms with E-state index in [1.165, 1.54) is 38.5 Å². The van der Waals surface area contributed by atoms with Crippen LogP contribution in [0, 0.1) is 0 Å². The molecule has 0 aromatic carbocycles. The molecule has 0 fully saturated rings. The standard InChI is InChI=1S/C47H79NO7/c1-6-8-10-12-14-16-17-18-19-20-21-22-23-24-25-26-27-28-30-31-33-35-37-45(49)54-42-43(41-53-40-39-44(47(51)52)48(3,4)5)55-46(50)38-36-34-32-29-15-13-11-9-7-2/h8,10,14,16,18-19,21-22,24-25,29,32,43-44H,6-7,9,11-13,15,17,20,23,26-28,30-31,33-42H2,1-5H3/p+1/b10-8+,16-14+,19-18+,22-21+,25-24+,32-29+. The highest BCUT2D eigenvalue weighted by Crippen LogP contribution is 2.12. The van der Waals surface area contributed by atoms with Crippen LogP contribution in [0.5, 0.6) is 0 Å². The number of allylic oxidation sites excluding steroid dienone is 12. The molecule has 2 unspecified atom stereocenters. The van der Waals surface area contributed by atoms with E-state index in [-0.39, 0.29) is 42.7 Å². The maximum Gasteiger partial charge on any atom is 0.362 e. The van der Waals surface area contributed by atoms with Crippen LogP contribution >= 0.6 is 0 Å². The van der Waals surface area contributed by atoms with Gasteiger partial charge in [-0.05, 0) is 77.0 Å². The van der Waals surface area contributed by atoms with E-state index in [1.54, 1.807) is 0 Å². The highest BCUT2D eigenvalue weighted by atomic mass is 16.6. The molecule has 1 N–H and O–H groups in total. The number of likely N-dealkylation sites (N-methyl/N-ethyl adjacent to an activating group) is 1. The van der Waals surface area contributed by atoms with E-state index in [2.05, 4.69) is 86.8 Å². The van der Waals surface area contributed by atoms with Gasteiger partial charge in [-0.3, -0.25) is 9.59 Å². The Morgan fingerprint density at radius 2 is 1.04 bits per heavy atom. The summed E-state index contributed by atoms with van der Waals surface area (Å²) in [6.45, 7) is 4.52. The van der Waals surface area contributed by atoms with Crippen molar-refractivity contribution in [3.8, 4) is 0 Å². The Labute approximate surface area is 336 Å². The zero-order valence-corrected chi connectivity index (χ0v) is 35.6. The van der Waals surface area contributed by atoms with Crippen molar-refractivity contribution in [2.75, 3.05) is 41.0 Å². The number of nitrogens with zero attached hydrogens (tertiary/aromatic N) is 1. The molecule has 0 aliphatic carbocycles. The Morgan fingerprint density at radius 3 is 1.58 bits per heavy atom. The van der Waals surface area contributed by atoms with E-state index in [9.17, 15) is 19.5 Å². The first-order chi connectivity index (χ1) is 26.6. The first-order valence-electron chi connectivity index (χ1n) is 21.5. The molecule has 0 saturated heterocycles. The van der Waals surface area contributed by atoms with Crippen molar-refractivity contribution in [1.82, 2.24) is 0 Å². The molecule has 2 atom stereocenters. The number of ether oxygens (including phenoxy) is 3. The largest absolute Gasteiger partial charge is 0.477 e. The Bertz CT molecular complexity index is 1130. The van der Waals surface area contributed by atoms with Gasteiger partial charge in [0.25, 0.3) is 0 Å². The van der Waals surface area contributed by atoms with Crippen LogP contribution in [0.4, 0.5) is 0 Å². The van der Waals surface area contributed by atoms with Crippen LogP contribution in [-0.4, -0.2) is 80.6 Å². The monoisotopic (exact) mass is 771 g/mol. The maximum absolute atomic E-state index is 12.6. The van der Waals surface area contributed by atoms with E-state index < -0.39 is 18.1 Å². The lowest BCUT2D eigenvalue weighted by Gasteiger charge is -2.31. The summed E-state index contributed by atoms with van der Waals surface area (Å²) in [7, 11) is 5.50. The van der Waals surface area contributed by atoms with E-state index in [0.717, 1.165) is 77.0 Å². The molecule has 55 heavy (non-hydrogen) atoms. The molecular formula is C47H80NO7+. The first kappa shape index (κ1) is 51.8. The fourth-order valence-corrected chi connectivity index (χ4v) is 5.77. The van der Waals surface area contributed by atoms with Gasteiger partial charge in [0.05, 0.1) is 34.4 Å². The van der Waals surface area contributed by atoms with Crippen molar-refractivity contribution in [1.29, 1.82) is 0 Å². The molecule has 0 radical (unpaired) electrons. The van der Waals surface area contributed by atoms with Crippen molar-refractivity contribution >= 4 is 17.9 Å². The average Bonchev–Trinajstić information content (AvgIpc) is 3.14. The van der Waals surface area contributed by atoms with Gasteiger partial charge >= 0.3 is 17.9 Å². The van der Waals surface area contributed by atoms with Crippen molar-refractivity contribution in [2.24, 2.45) is 0 Å². The lowest BCUT2D eigenvalue weighted by Crippen LogP contribution is -2.50. The molecule has 0 aliphatic rings. The normalized spacial score (nSPS) is 13.7. The lowest BCUT2D eigenvalue weighted by atomic mass is 10.1. The van der Waals surface area contributed by atoms with Crippen molar-refractivity contribution in [2.45, 2.75) is 167 Å². The van der Waals surface area contributed by atoms with E-state index >= 15 is 0 Å². The van der Waals surface area contributed by atoms with Crippen LogP contribution in [-0.2, 0) is 28.6 Å². The minimum atomic E-state index is -0.885. The highest BCUT2D eigenvalue weighted by Gasteiger charge is 2.31. The van der Waals surface area contributed by atoms with Gasteiger partial charge in [-0.2, -0.15) is 0 Å². The number of carbonyl (C=O) groups is 3. The predicted octanol–water partition coefficient (Wildman–Crippen LogP) is 11.6. The fraction of sp³-hybridized carbons (Fsp3) is 0.681. The van der Waals surface area contributed by atoms with Gasteiger partial charge in [0.15, 0.2) is 12.1 Å². The number of quaternary nitrogens is 1. The van der Waals surface area contributed by atoms with Crippen LogP contribution in [0.25, 0.3) is 0 Å². The molecule has 0 rings (SSSR count). The van der Waals surface area contributed by atoms with Crippen molar-refractivity contribution in [3.63, 3.8) is 0 Å². The Morgan fingerprint density at radius 1 is 0.564 bits per heavy atom. The van der Waals surface area contributed by atoms with Gasteiger partial charge in [0.2, 0.25) is 0 Å². The van der Waals surface area contributed by atoms with Gasteiger partial charge in [-0.1, -0.05) is 132 Å². The second-order valence-electron chi connectivity index (χ2n) is 15.2. The van der Waals surface area contributed by atoms with Gasteiger partial charge in [0.1, 0.15) is 6.61 Å². The molecule has 0 aliphatic heterocycles. The summed E-state index contributed by atoms with van der Waals surface area (Å²) in [5.41, 5.74) is 0. The molecule has 0 aromatic heterocycles. The number of unbranched alkanes of at least 4 members (excludes halogenated alkanes) is 11.